The quantitative estimate of drug-likeness (QED) is 0.917. The summed E-state index contributed by atoms with van der Waals surface area (Å²) in [6, 6.07) is 4.76. The average Bonchev–Trinajstić information content (AvgIpc) is 2.53. The van der Waals surface area contributed by atoms with Gasteiger partial charge in [0, 0.05) is 5.56 Å². The molecule has 0 saturated heterocycles. The van der Waals surface area contributed by atoms with Crippen molar-refractivity contribution in [1.82, 2.24) is 4.98 Å². The molecule has 0 bridgehead atoms. The Bertz CT molecular complexity index is 621. The molecule has 6 heteroatoms. The van der Waals surface area contributed by atoms with E-state index in [-0.39, 0.29) is 6.61 Å². The third-order valence-electron chi connectivity index (χ3n) is 3.05. The van der Waals surface area contributed by atoms with Gasteiger partial charge in [-0.25, -0.2) is 4.39 Å². The molecular formula is C15H16FNO4. The van der Waals surface area contributed by atoms with E-state index in [1.807, 2.05) is 0 Å². The third kappa shape index (κ3) is 2.90. The maximum absolute atomic E-state index is 14.0. The fourth-order valence-corrected chi connectivity index (χ4v) is 2.03. The zero-order valence-corrected chi connectivity index (χ0v) is 12.0. The number of aliphatic hydroxyl groups excluding tert-OH is 1. The van der Waals surface area contributed by atoms with Gasteiger partial charge in [0.2, 0.25) is 5.75 Å². The predicted octanol–water partition coefficient (Wildman–Crippen LogP) is 2.41. The molecule has 0 aliphatic heterocycles. The van der Waals surface area contributed by atoms with Crippen LogP contribution >= 0.6 is 0 Å². The Kier molecular flexibility index (Phi) is 4.59. The van der Waals surface area contributed by atoms with Crippen LogP contribution in [0.4, 0.5) is 4.39 Å². The third-order valence-corrected chi connectivity index (χ3v) is 3.05. The average molecular weight is 293 g/mol. The second-order valence-corrected chi connectivity index (χ2v) is 4.23. The number of nitrogens with zero attached hydrogens (tertiary/aromatic N) is 1. The molecular weight excluding hydrogens is 277 g/mol. The Morgan fingerprint density at radius 3 is 2.14 bits per heavy atom. The minimum absolute atomic E-state index is 0.266. The number of rotatable bonds is 5. The molecule has 2 aromatic rings. The Morgan fingerprint density at radius 1 is 1.05 bits per heavy atom. The number of methoxy groups -OCH3 is 3. The molecule has 112 valence electrons. The molecule has 1 N–H and O–H groups in total. The van der Waals surface area contributed by atoms with Crippen molar-refractivity contribution in [3.8, 4) is 28.4 Å². The van der Waals surface area contributed by atoms with E-state index in [9.17, 15) is 4.39 Å². The Morgan fingerprint density at radius 2 is 1.67 bits per heavy atom. The molecule has 0 aliphatic rings. The summed E-state index contributed by atoms with van der Waals surface area (Å²) in [5.41, 5.74) is 1.22. The molecule has 1 aromatic heterocycles. The molecule has 0 spiro atoms. The lowest BCUT2D eigenvalue weighted by Gasteiger charge is -2.14. The molecule has 0 fully saturated rings. The first kappa shape index (κ1) is 15.1. The highest BCUT2D eigenvalue weighted by Crippen LogP contribution is 2.41. The van der Waals surface area contributed by atoms with Gasteiger partial charge < -0.3 is 19.3 Å². The lowest BCUT2D eigenvalue weighted by molar-refractivity contribution is 0.276. The summed E-state index contributed by atoms with van der Waals surface area (Å²) in [6.07, 6.45) is 1.07. The van der Waals surface area contributed by atoms with Crippen LogP contribution in [0.3, 0.4) is 0 Å². The smallest absolute Gasteiger partial charge is 0.203 e. The van der Waals surface area contributed by atoms with Crippen LogP contribution in [-0.4, -0.2) is 31.4 Å². The molecule has 21 heavy (non-hydrogen) atoms. The molecule has 2 rings (SSSR count). The first-order chi connectivity index (χ1) is 10.1. The zero-order chi connectivity index (χ0) is 15.4. The summed E-state index contributed by atoms with van der Waals surface area (Å²) in [7, 11) is 4.48. The molecule has 0 atom stereocenters. The van der Waals surface area contributed by atoms with Gasteiger partial charge in [0.05, 0.1) is 39.8 Å². The molecule has 0 unspecified atom stereocenters. The number of pyridine rings is 1. The predicted molar refractivity (Wildman–Crippen MR) is 75.2 cm³/mol. The molecule has 5 nitrogen and oxygen atoms in total. The Labute approximate surface area is 121 Å². The normalized spacial score (nSPS) is 10.3. The summed E-state index contributed by atoms with van der Waals surface area (Å²) in [4.78, 5) is 3.79. The number of ether oxygens (including phenoxy) is 3. The maximum atomic E-state index is 14.0. The number of halogens is 1. The lowest BCUT2D eigenvalue weighted by Crippen LogP contribution is -1.98. The van der Waals surface area contributed by atoms with E-state index in [0.29, 0.717) is 34.1 Å². The van der Waals surface area contributed by atoms with E-state index in [0.717, 1.165) is 6.20 Å². The van der Waals surface area contributed by atoms with Crippen LogP contribution in [0.25, 0.3) is 11.1 Å². The fraction of sp³-hybridized carbons (Fsp3) is 0.267. The van der Waals surface area contributed by atoms with Gasteiger partial charge in [0.1, 0.15) is 5.82 Å². The van der Waals surface area contributed by atoms with Gasteiger partial charge in [-0.1, -0.05) is 0 Å². The number of benzene rings is 1. The maximum Gasteiger partial charge on any atom is 0.203 e. The van der Waals surface area contributed by atoms with Crippen LogP contribution < -0.4 is 14.2 Å². The number of aliphatic hydroxyl groups is 1. The van der Waals surface area contributed by atoms with Crippen LogP contribution in [0.5, 0.6) is 17.2 Å². The Hall–Kier alpha value is -2.34. The molecule has 1 heterocycles. The number of hydrogen-bond acceptors (Lipinski definition) is 5. The van der Waals surface area contributed by atoms with Crippen molar-refractivity contribution < 1.29 is 23.7 Å². The topological polar surface area (TPSA) is 60.8 Å². The Balaban J connectivity index is 2.64. The van der Waals surface area contributed by atoms with Crippen molar-refractivity contribution in [3.05, 3.63) is 35.9 Å². The highest BCUT2D eigenvalue weighted by atomic mass is 19.1. The molecule has 0 amide bonds. The van der Waals surface area contributed by atoms with Crippen LogP contribution in [0, 0.1) is 5.82 Å². The SMILES string of the molecule is COc1cc(-c2cc(CO)ncc2F)cc(OC)c1OC. The van der Waals surface area contributed by atoms with Crippen molar-refractivity contribution in [3.63, 3.8) is 0 Å². The summed E-state index contributed by atoms with van der Waals surface area (Å²) >= 11 is 0. The zero-order valence-electron chi connectivity index (χ0n) is 12.0. The van der Waals surface area contributed by atoms with Gasteiger partial charge in [-0.3, -0.25) is 4.98 Å². The van der Waals surface area contributed by atoms with Gasteiger partial charge in [-0.2, -0.15) is 0 Å². The summed E-state index contributed by atoms with van der Waals surface area (Å²) in [5.74, 6) is 0.782. The first-order valence-corrected chi connectivity index (χ1v) is 6.20. The second kappa shape index (κ2) is 6.41. The molecule has 0 radical (unpaired) electrons. The van der Waals surface area contributed by atoms with E-state index in [1.54, 1.807) is 12.1 Å². The minimum Gasteiger partial charge on any atom is -0.493 e. The van der Waals surface area contributed by atoms with Crippen LogP contribution in [-0.2, 0) is 6.61 Å². The van der Waals surface area contributed by atoms with E-state index >= 15 is 0 Å². The largest absolute Gasteiger partial charge is 0.493 e. The van der Waals surface area contributed by atoms with Gasteiger partial charge in [0.25, 0.3) is 0 Å². The highest BCUT2D eigenvalue weighted by molar-refractivity contribution is 5.71. The fourth-order valence-electron chi connectivity index (χ4n) is 2.03. The van der Waals surface area contributed by atoms with Gasteiger partial charge in [-0.15, -0.1) is 0 Å². The van der Waals surface area contributed by atoms with Crippen LogP contribution in [0.15, 0.2) is 24.4 Å². The van der Waals surface area contributed by atoms with Crippen LogP contribution in [0.1, 0.15) is 5.69 Å². The number of hydrogen-bond donors (Lipinski definition) is 1. The molecule has 0 aliphatic carbocycles. The highest BCUT2D eigenvalue weighted by Gasteiger charge is 2.16. The molecule has 0 saturated carbocycles. The second-order valence-electron chi connectivity index (χ2n) is 4.23. The van der Waals surface area contributed by atoms with E-state index in [2.05, 4.69) is 4.98 Å². The van der Waals surface area contributed by atoms with Crippen molar-refractivity contribution in [1.29, 1.82) is 0 Å². The summed E-state index contributed by atoms with van der Waals surface area (Å²) < 4.78 is 29.7. The number of aromatic nitrogens is 1. The van der Waals surface area contributed by atoms with Crippen molar-refractivity contribution in [2.24, 2.45) is 0 Å². The first-order valence-electron chi connectivity index (χ1n) is 6.20. The monoisotopic (exact) mass is 293 g/mol. The van der Waals surface area contributed by atoms with Crippen molar-refractivity contribution >= 4 is 0 Å². The van der Waals surface area contributed by atoms with Gasteiger partial charge in [0.15, 0.2) is 11.5 Å². The summed E-state index contributed by atoms with van der Waals surface area (Å²) in [5, 5.41) is 9.13. The minimum atomic E-state index is -0.499. The van der Waals surface area contributed by atoms with Gasteiger partial charge in [-0.05, 0) is 23.8 Å². The van der Waals surface area contributed by atoms with E-state index in [4.69, 9.17) is 19.3 Å². The van der Waals surface area contributed by atoms with Crippen LogP contribution in [0.2, 0.25) is 0 Å². The molecule has 1 aromatic carbocycles. The van der Waals surface area contributed by atoms with Gasteiger partial charge >= 0.3 is 0 Å². The summed E-state index contributed by atoms with van der Waals surface area (Å²) in [6.45, 7) is -0.266. The van der Waals surface area contributed by atoms with E-state index < -0.39 is 5.82 Å². The van der Waals surface area contributed by atoms with Crippen molar-refractivity contribution in [2.75, 3.05) is 21.3 Å². The van der Waals surface area contributed by atoms with E-state index in [1.165, 1.54) is 27.4 Å². The standard InChI is InChI=1S/C15H16FNO4/c1-19-13-4-9(5-14(20-2)15(13)21-3)11-6-10(8-18)17-7-12(11)16/h4-7,18H,8H2,1-3H3. The van der Waals surface area contributed by atoms with Crippen molar-refractivity contribution in [2.45, 2.75) is 6.61 Å². The lowest BCUT2D eigenvalue weighted by atomic mass is 10.0.